The first kappa shape index (κ1) is 21.5. The molecule has 1 aromatic carbocycles. The normalized spacial score (nSPS) is 19.2. The van der Waals surface area contributed by atoms with Crippen molar-refractivity contribution in [2.45, 2.75) is 59.0 Å². The van der Waals surface area contributed by atoms with Crippen molar-refractivity contribution < 1.29 is 14.3 Å². The zero-order chi connectivity index (χ0) is 21.0. The fraction of sp³-hybridized carbons (Fsp3) is 0.652. The molecule has 0 aliphatic carbocycles. The topological polar surface area (TPSA) is 61.9 Å². The van der Waals surface area contributed by atoms with Gasteiger partial charge in [-0.3, -0.25) is 4.79 Å². The molecule has 0 aromatic heterocycles. The lowest BCUT2D eigenvalue weighted by atomic mass is 9.96. The Morgan fingerprint density at radius 3 is 2.10 bits per heavy atom. The number of piperidine rings is 2. The van der Waals surface area contributed by atoms with Crippen LogP contribution in [0.5, 0.6) is 0 Å². The van der Waals surface area contributed by atoms with E-state index in [4.69, 9.17) is 4.74 Å². The summed E-state index contributed by atoms with van der Waals surface area (Å²) in [4.78, 5) is 28.9. The Labute approximate surface area is 174 Å². The van der Waals surface area contributed by atoms with Crippen LogP contribution in [0.2, 0.25) is 0 Å². The molecular formula is C23H35N3O3. The number of amides is 2. The Hall–Kier alpha value is -2.24. The summed E-state index contributed by atoms with van der Waals surface area (Å²) < 4.78 is 5.42. The second-order valence-electron chi connectivity index (χ2n) is 9.45. The lowest BCUT2D eigenvalue weighted by molar-refractivity contribution is -0.121. The number of nitrogens with one attached hydrogen (secondary N) is 1. The van der Waals surface area contributed by atoms with E-state index in [9.17, 15) is 9.59 Å². The highest BCUT2D eigenvalue weighted by molar-refractivity contribution is 5.92. The highest BCUT2D eigenvalue weighted by atomic mass is 16.6. The van der Waals surface area contributed by atoms with Crippen LogP contribution in [0.1, 0.15) is 53.4 Å². The SMILES string of the molecule is CC1CCN(c2ccc(NC(=O)C3CCN(C(=O)OC(C)(C)C)CC3)cc2)CC1. The monoisotopic (exact) mass is 401 g/mol. The van der Waals surface area contributed by atoms with Crippen molar-refractivity contribution in [3.8, 4) is 0 Å². The Morgan fingerprint density at radius 1 is 0.966 bits per heavy atom. The number of carbonyl (C=O) groups excluding carboxylic acids is 2. The Kier molecular flexibility index (Phi) is 6.70. The first-order valence-electron chi connectivity index (χ1n) is 10.8. The molecule has 0 atom stereocenters. The van der Waals surface area contributed by atoms with Crippen molar-refractivity contribution in [1.29, 1.82) is 0 Å². The minimum atomic E-state index is -0.496. The number of hydrogen-bond donors (Lipinski definition) is 1. The van der Waals surface area contributed by atoms with Gasteiger partial charge in [-0.05, 0) is 76.6 Å². The maximum absolute atomic E-state index is 12.6. The maximum atomic E-state index is 12.6. The van der Waals surface area contributed by atoms with E-state index in [1.54, 1.807) is 4.90 Å². The van der Waals surface area contributed by atoms with Crippen molar-refractivity contribution in [2.24, 2.45) is 11.8 Å². The number of likely N-dealkylation sites (tertiary alicyclic amines) is 1. The lowest BCUT2D eigenvalue weighted by Crippen LogP contribution is -2.43. The third-order valence-corrected chi connectivity index (χ3v) is 5.80. The summed E-state index contributed by atoms with van der Waals surface area (Å²) in [5.41, 5.74) is 1.56. The van der Waals surface area contributed by atoms with Crippen LogP contribution in [0, 0.1) is 11.8 Å². The number of benzene rings is 1. The molecule has 2 fully saturated rings. The van der Waals surface area contributed by atoms with Gasteiger partial charge >= 0.3 is 6.09 Å². The fourth-order valence-corrected chi connectivity index (χ4v) is 3.92. The molecule has 160 valence electrons. The third kappa shape index (κ3) is 6.12. The van der Waals surface area contributed by atoms with Crippen molar-refractivity contribution in [1.82, 2.24) is 4.90 Å². The van der Waals surface area contributed by atoms with Crippen LogP contribution in [0.15, 0.2) is 24.3 Å². The minimum absolute atomic E-state index is 0.0355. The lowest BCUT2D eigenvalue weighted by Gasteiger charge is -2.33. The van der Waals surface area contributed by atoms with E-state index >= 15 is 0 Å². The third-order valence-electron chi connectivity index (χ3n) is 5.80. The van der Waals surface area contributed by atoms with Crippen molar-refractivity contribution >= 4 is 23.4 Å². The summed E-state index contributed by atoms with van der Waals surface area (Å²) in [5.74, 6) is 0.775. The first-order chi connectivity index (χ1) is 13.7. The molecule has 0 saturated carbocycles. The molecule has 1 aromatic rings. The largest absolute Gasteiger partial charge is 0.444 e. The van der Waals surface area contributed by atoms with E-state index in [1.807, 2.05) is 32.9 Å². The van der Waals surface area contributed by atoms with Gasteiger partial charge in [0.1, 0.15) is 5.60 Å². The maximum Gasteiger partial charge on any atom is 0.410 e. The number of nitrogens with zero attached hydrogens (tertiary/aromatic N) is 2. The van der Waals surface area contributed by atoms with Crippen LogP contribution < -0.4 is 10.2 Å². The fourth-order valence-electron chi connectivity index (χ4n) is 3.92. The van der Waals surface area contributed by atoms with Crippen molar-refractivity contribution in [3.63, 3.8) is 0 Å². The van der Waals surface area contributed by atoms with Gasteiger partial charge in [-0.1, -0.05) is 6.92 Å². The Bertz CT molecular complexity index is 695. The summed E-state index contributed by atoms with van der Waals surface area (Å²) in [6.07, 6.45) is 3.50. The van der Waals surface area contributed by atoms with E-state index < -0.39 is 5.60 Å². The van der Waals surface area contributed by atoms with E-state index in [-0.39, 0.29) is 17.9 Å². The molecule has 2 amide bonds. The zero-order valence-corrected chi connectivity index (χ0v) is 18.2. The molecule has 3 rings (SSSR count). The van der Waals surface area contributed by atoms with Crippen LogP contribution >= 0.6 is 0 Å². The minimum Gasteiger partial charge on any atom is -0.444 e. The molecule has 29 heavy (non-hydrogen) atoms. The molecule has 6 heteroatoms. The summed E-state index contributed by atoms with van der Waals surface area (Å²) in [5, 5.41) is 3.04. The molecule has 0 spiro atoms. The molecule has 6 nitrogen and oxygen atoms in total. The van der Waals surface area contributed by atoms with Crippen LogP contribution in [0.3, 0.4) is 0 Å². The average molecular weight is 402 g/mol. The van der Waals surface area contributed by atoms with Crippen LogP contribution in [-0.2, 0) is 9.53 Å². The van der Waals surface area contributed by atoms with Crippen LogP contribution in [0.25, 0.3) is 0 Å². The van der Waals surface area contributed by atoms with Gasteiger partial charge in [-0.15, -0.1) is 0 Å². The van der Waals surface area contributed by atoms with Gasteiger partial charge < -0.3 is 19.9 Å². The first-order valence-corrected chi connectivity index (χ1v) is 10.8. The molecule has 2 aliphatic rings. The Morgan fingerprint density at radius 2 is 1.55 bits per heavy atom. The van der Waals surface area contributed by atoms with E-state index in [0.717, 1.165) is 24.7 Å². The Balaban J connectivity index is 1.47. The van der Waals surface area contributed by atoms with Crippen LogP contribution in [0.4, 0.5) is 16.2 Å². The highest BCUT2D eigenvalue weighted by Gasteiger charge is 2.30. The zero-order valence-electron chi connectivity index (χ0n) is 18.2. The van der Waals surface area contributed by atoms with Gasteiger partial charge in [-0.25, -0.2) is 4.79 Å². The number of hydrogen-bond acceptors (Lipinski definition) is 4. The second-order valence-corrected chi connectivity index (χ2v) is 9.45. The molecule has 2 heterocycles. The summed E-state index contributed by atoms with van der Waals surface area (Å²) in [6, 6.07) is 8.16. The molecule has 0 unspecified atom stereocenters. The van der Waals surface area contributed by atoms with Gasteiger partial charge in [0.25, 0.3) is 0 Å². The molecule has 2 saturated heterocycles. The van der Waals surface area contributed by atoms with Crippen molar-refractivity contribution in [2.75, 3.05) is 36.4 Å². The average Bonchev–Trinajstić information content (AvgIpc) is 2.68. The second kappa shape index (κ2) is 9.06. The predicted molar refractivity (Wildman–Crippen MR) is 116 cm³/mol. The smallest absolute Gasteiger partial charge is 0.410 e. The van der Waals surface area contributed by atoms with Gasteiger partial charge in [0, 0.05) is 43.5 Å². The molecule has 0 radical (unpaired) electrons. The molecule has 1 N–H and O–H groups in total. The quantitative estimate of drug-likeness (QED) is 0.810. The van der Waals surface area contributed by atoms with Gasteiger partial charge in [0.05, 0.1) is 0 Å². The molecule has 0 bridgehead atoms. The number of carbonyl (C=O) groups is 2. The van der Waals surface area contributed by atoms with E-state index in [1.165, 1.54) is 18.5 Å². The number of ether oxygens (including phenoxy) is 1. The van der Waals surface area contributed by atoms with Gasteiger partial charge in [0.15, 0.2) is 0 Å². The highest BCUT2D eigenvalue weighted by Crippen LogP contribution is 2.25. The van der Waals surface area contributed by atoms with E-state index in [0.29, 0.717) is 25.9 Å². The predicted octanol–water partition coefficient (Wildman–Crippen LogP) is 4.51. The molecular weight excluding hydrogens is 366 g/mol. The summed E-state index contributed by atoms with van der Waals surface area (Å²) in [6.45, 7) is 11.2. The standard InChI is InChI=1S/C23H35N3O3/c1-17-9-13-25(14-10-17)20-7-5-19(6-8-20)24-21(27)18-11-15-26(16-12-18)22(28)29-23(2,3)4/h5-8,17-18H,9-16H2,1-4H3,(H,24,27). The van der Waals surface area contributed by atoms with Crippen molar-refractivity contribution in [3.05, 3.63) is 24.3 Å². The number of rotatable bonds is 3. The van der Waals surface area contributed by atoms with Gasteiger partial charge in [-0.2, -0.15) is 0 Å². The summed E-state index contributed by atoms with van der Waals surface area (Å²) in [7, 11) is 0. The number of anilines is 2. The molecule has 2 aliphatic heterocycles. The van der Waals surface area contributed by atoms with Gasteiger partial charge in [0.2, 0.25) is 5.91 Å². The van der Waals surface area contributed by atoms with E-state index in [2.05, 4.69) is 29.3 Å². The van der Waals surface area contributed by atoms with Crippen LogP contribution in [-0.4, -0.2) is 48.7 Å². The summed E-state index contributed by atoms with van der Waals surface area (Å²) >= 11 is 0.